The Morgan fingerprint density at radius 3 is 2.81 bits per heavy atom. The minimum atomic E-state index is -0.138. The molecule has 0 unspecified atom stereocenters. The van der Waals surface area contributed by atoms with Gasteiger partial charge < -0.3 is 15.0 Å². The maximum Gasteiger partial charge on any atom is 0.234 e. The van der Waals surface area contributed by atoms with Crippen LogP contribution in [0.15, 0.2) is 47.3 Å². The van der Waals surface area contributed by atoms with Crippen LogP contribution in [-0.4, -0.2) is 23.8 Å². The van der Waals surface area contributed by atoms with E-state index < -0.39 is 0 Å². The molecule has 3 rings (SSSR count). The number of nitrogens with one attached hydrogen (secondary N) is 2. The van der Waals surface area contributed by atoms with E-state index in [2.05, 4.69) is 10.3 Å². The van der Waals surface area contributed by atoms with Gasteiger partial charge in [-0.25, -0.2) is 0 Å². The number of rotatable bonds is 6. The van der Waals surface area contributed by atoms with E-state index in [0.717, 1.165) is 16.8 Å². The van der Waals surface area contributed by atoms with Crippen molar-refractivity contribution in [3.63, 3.8) is 0 Å². The van der Waals surface area contributed by atoms with E-state index in [1.165, 1.54) is 18.9 Å². The smallest absolute Gasteiger partial charge is 0.234 e. The summed E-state index contributed by atoms with van der Waals surface area (Å²) >= 11 is 7.49. The third kappa shape index (κ3) is 4.64. The molecule has 5 nitrogen and oxygen atoms in total. The summed E-state index contributed by atoms with van der Waals surface area (Å²) in [4.78, 5) is 27.7. The lowest BCUT2D eigenvalue weighted by Crippen LogP contribution is -2.14. The fourth-order valence-corrected chi connectivity index (χ4v) is 3.74. The van der Waals surface area contributed by atoms with Crippen LogP contribution in [0.4, 0.5) is 5.69 Å². The number of halogens is 1. The normalized spacial score (nSPS) is 10.8. The van der Waals surface area contributed by atoms with Crippen molar-refractivity contribution in [3.05, 3.63) is 69.0 Å². The van der Waals surface area contributed by atoms with Crippen molar-refractivity contribution in [2.24, 2.45) is 0 Å². The zero-order valence-electron chi connectivity index (χ0n) is 15.0. The minimum absolute atomic E-state index is 0.0135. The molecule has 1 amide bonds. The van der Waals surface area contributed by atoms with Crippen LogP contribution in [-0.2, 0) is 10.5 Å². The summed E-state index contributed by atoms with van der Waals surface area (Å²) in [5, 5.41) is 3.91. The van der Waals surface area contributed by atoms with Gasteiger partial charge in [-0.2, -0.15) is 0 Å². The second kappa shape index (κ2) is 8.50. The number of benzene rings is 2. The van der Waals surface area contributed by atoms with Gasteiger partial charge in [0.1, 0.15) is 5.75 Å². The lowest BCUT2D eigenvalue weighted by molar-refractivity contribution is -0.113. The summed E-state index contributed by atoms with van der Waals surface area (Å²) in [5.74, 6) is 1.22. The molecular formula is C20H19ClN2O3S. The van der Waals surface area contributed by atoms with Crippen molar-refractivity contribution >= 4 is 45.9 Å². The second-order valence-corrected chi connectivity index (χ2v) is 7.44. The quantitative estimate of drug-likeness (QED) is 0.642. The molecule has 1 heterocycles. The summed E-state index contributed by atoms with van der Waals surface area (Å²) < 4.78 is 5.09. The Hall–Kier alpha value is -2.44. The molecule has 0 bridgehead atoms. The molecule has 27 heavy (non-hydrogen) atoms. The number of aryl methyl sites for hydroxylation is 1. The number of para-hydroxylation sites is 1. The van der Waals surface area contributed by atoms with E-state index >= 15 is 0 Å². The largest absolute Gasteiger partial charge is 0.495 e. The summed E-state index contributed by atoms with van der Waals surface area (Å²) in [6, 6.07) is 12.3. The van der Waals surface area contributed by atoms with Crippen molar-refractivity contribution in [1.29, 1.82) is 0 Å². The van der Waals surface area contributed by atoms with Gasteiger partial charge in [-0.05, 0) is 36.8 Å². The molecule has 0 spiro atoms. The Bertz CT molecular complexity index is 1050. The van der Waals surface area contributed by atoms with Crippen LogP contribution >= 0.6 is 23.4 Å². The second-order valence-electron chi connectivity index (χ2n) is 6.05. The first-order chi connectivity index (χ1) is 13.0. The highest BCUT2D eigenvalue weighted by Crippen LogP contribution is 2.27. The maximum atomic E-state index is 12.2. The molecule has 0 radical (unpaired) electrons. The maximum absolute atomic E-state index is 12.2. The predicted molar refractivity (Wildman–Crippen MR) is 112 cm³/mol. The van der Waals surface area contributed by atoms with Gasteiger partial charge in [0.15, 0.2) is 5.43 Å². The van der Waals surface area contributed by atoms with Crippen LogP contribution in [0.1, 0.15) is 11.3 Å². The van der Waals surface area contributed by atoms with E-state index in [1.54, 1.807) is 24.3 Å². The number of pyridine rings is 1. The third-order valence-corrected chi connectivity index (χ3v) is 5.33. The Morgan fingerprint density at radius 2 is 2.07 bits per heavy atom. The number of carbonyl (C=O) groups excluding carboxylic acids is 1. The molecule has 0 aliphatic rings. The highest BCUT2D eigenvalue weighted by molar-refractivity contribution is 7.99. The summed E-state index contributed by atoms with van der Waals surface area (Å²) in [7, 11) is 1.54. The van der Waals surface area contributed by atoms with E-state index in [4.69, 9.17) is 16.3 Å². The Labute approximate surface area is 166 Å². The average molecular weight is 403 g/mol. The van der Waals surface area contributed by atoms with Gasteiger partial charge in [0.2, 0.25) is 5.91 Å². The number of fused-ring (bicyclic) bond motifs is 1. The third-order valence-electron chi connectivity index (χ3n) is 4.06. The number of aromatic amines is 1. The number of carbonyl (C=O) groups is 1. The van der Waals surface area contributed by atoms with Crippen LogP contribution in [0.3, 0.4) is 0 Å². The van der Waals surface area contributed by atoms with Gasteiger partial charge in [0.25, 0.3) is 0 Å². The molecule has 0 aliphatic heterocycles. The van der Waals surface area contributed by atoms with E-state index in [9.17, 15) is 9.59 Å². The monoisotopic (exact) mass is 402 g/mol. The zero-order valence-corrected chi connectivity index (χ0v) is 16.5. The van der Waals surface area contributed by atoms with Gasteiger partial charge >= 0.3 is 0 Å². The van der Waals surface area contributed by atoms with E-state index in [1.807, 2.05) is 25.1 Å². The molecule has 0 saturated carbocycles. The average Bonchev–Trinajstić information content (AvgIpc) is 2.63. The Balaban J connectivity index is 1.60. The number of anilines is 1. The molecule has 0 saturated heterocycles. The fourth-order valence-electron chi connectivity index (χ4n) is 2.74. The van der Waals surface area contributed by atoms with Crippen LogP contribution in [0.25, 0.3) is 10.9 Å². The molecule has 1 aromatic heterocycles. The molecule has 2 N–H and O–H groups in total. The summed E-state index contributed by atoms with van der Waals surface area (Å²) in [6.07, 6.45) is 0. The number of H-pyrrole nitrogens is 1. The van der Waals surface area contributed by atoms with Gasteiger partial charge in [-0.15, -0.1) is 11.8 Å². The van der Waals surface area contributed by atoms with Gasteiger partial charge in [0, 0.05) is 28.6 Å². The SMILES string of the molecule is COc1ccc(NC(=O)CSCc2cc(=O)c3cccc(C)c3[nH]2)cc1Cl. The number of amides is 1. The number of hydrogen-bond donors (Lipinski definition) is 2. The lowest BCUT2D eigenvalue weighted by Gasteiger charge is -2.09. The van der Waals surface area contributed by atoms with Crippen LogP contribution in [0.2, 0.25) is 5.02 Å². The highest BCUT2D eigenvalue weighted by atomic mass is 35.5. The van der Waals surface area contributed by atoms with Crippen molar-refractivity contribution in [1.82, 2.24) is 4.98 Å². The standard InChI is InChI=1S/C20H19ClN2O3S/c1-12-4-3-5-15-17(24)9-14(23-20(12)15)10-27-11-19(25)22-13-6-7-18(26-2)16(21)8-13/h3-9H,10-11H2,1-2H3,(H,22,25)(H,23,24). The van der Waals surface area contributed by atoms with E-state index in [0.29, 0.717) is 27.6 Å². The Morgan fingerprint density at radius 1 is 1.26 bits per heavy atom. The number of aromatic nitrogens is 1. The topological polar surface area (TPSA) is 71.2 Å². The summed E-state index contributed by atoms with van der Waals surface area (Å²) in [5.41, 5.74) is 3.26. The first-order valence-corrected chi connectivity index (χ1v) is 9.84. The number of ether oxygens (including phenoxy) is 1. The van der Waals surface area contributed by atoms with E-state index in [-0.39, 0.29) is 17.1 Å². The number of methoxy groups -OCH3 is 1. The summed E-state index contributed by atoms with van der Waals surface area (Å²) in [6.45, 7) is 1.96. The minimum Gasteiger partial charge on any atom is -0.495 e. The molecule has 0 fully saturated rings. The Kier molecular flexibility index (Phi) is 6.08. The molecule has 7 heteroatoms. The van der Waals surface area contributed by atoms with Gasteiger partial charge in [-0.3, -0.25) is 9.59 Å². The van der Waals surface area contributed by atoms with Crippen molar-refractivity contribution in [2.45, 2.75) is 12.7 Å². The van der Waals surface area contributed by atoms with Crippen LogP contribution in [0, 0.1) is 6.92 Å². The number of thioether (sulfide) groups is 1. The first kappa shape index (κ1) is 19.3. The molecule has 140 valence electrons. The fraction of sp³-hybridized carbons (Fsp3) is 0.200. The first-order valence-electron chi connectivity index (χ1n) is 8.30. The zero-order chi connectivity index (χ0) is 19.4. The molecule has 2 aromatic carbocycles. The van der Waals surface area contributed by atoms with Crippen LogP contribution in [0.5, 0.6) is 5.75 Å². The predicted octanol–water partition coefficient (Wildman–Crippen LogP) is 4.37. The lowest BCUT2D eigenvalue weighted by atomic mass is 10.1. The molecule has 3 aromatic rings. The molecular weight excluding hydrogens is 384 g/mol. The van der Waals surface area contributed by atoms with Crippen LogP contribution < -0.4 is 15.5 Å². The van der Waals surface area contributed by atoms with Gasteiger partial charge in [0.05, 0.1) is 23.4 Å². The molecule has 0 aliphatic carbocycles. The van der Waals surface area contributed by atoms with Gasteiger partial charge in [-0.1, -0.05) is 23.7 Å². The highest BCUT2D eigenvalue weighted by Gasteiger charge is 2.08. The molecule has 0 atom stereocenters. The van der Waals surface area contributed by atoms with Crippen molar-refractivity contribution in [2.75, 3.05) is 18.2 Å². The number of hydrogen-bond acceptors (Lipinski definition) is 4. The van der Waals surface area contributed by atoms with Crippen molar-refractivity contribution < 1.29 is 9.53 Å². The van der Waals surface area contributed by atoms with Crippen molar-refractivity contribution in [3.8, 4) is 5.75 Å².